The Morgan fingerprint density at radius 3 is 2.63 bits per heavy atom. The van der Waals surface area contributed by atoms with Gasteiger partial charge in [0.1, 0.15) is 29.3 Å². The van der Waals surface area contributed by atoms with Crippen molar-refractivity contribution in [3.8, 4) is 23.8 Å². The number of nitrogens with one attached hydrogen (secondary N) is 2. The summed E-state index contributed by atoms with van der Waals surface area (Å²) in [7, 11) is 1.43. The van der Waals surface area contributed by atoms with Gasteiger partial charge in [0.2, 0.25) is 5.96 Å². The van der Waals surface area contributed by atoms with Crippen LogP contribution in [0, 0.1) is 22.8 Å². The Bertz CT molecular complexity index is 1440. The Labute approximate surface area is 208 Å². The monoisotopic (exact) mass is 532 g/mol. The maximum Gasteiger partial charge on any atom is 0.343 e. The minimum atomic E-state index is -0.800. The number of halogens is 1. The molecule has 1 unspecified atom stereocenters. The fraction of sp³-hybridized carbons (Fsp3) is 0.0870. The van der Waals surface area contributed by atoms with Crippen LogP contribution in [0.3, 0.4) is 0 Å². The second-order valence-corrected chi connectivity index (χ2v) is 8.05. The van der Waals surface area contributed by atoms with Gasteiger partial charge in [-0.05, 0) is 45.8 Å². The lowest BCUT2D eigenvalue weighted by atomic mass is 9.95. The molecule has 6 N–H and O–H groups in total. The lowest BCUT2D eigenvalue weighted by molar-refractivity contribution is 0.0728. The first kappa shape index (κ1) is 23.4. The molecule has 0 saturated heterocycles. The van der Waals surface area contributed by atoms with Gasteiger partial charge >= 0.3 is 5.97 Å². The third-order valence-corrected chi connectivity index (χ3v) is 5.72. The molecule has 0 aliphatic carbocycles. The summed E-state index contributed by atoms with van der Waals surface area (Å²) in [6, 6.07) is 13.0. The Balaban J connectivity index is 1.82. The van der Waals surface area contributed by atoms with Crippen LogP contribution in [0.5, 0.6) is 11.5 Å². The van der Waals surface area contributed by atoms with Crippen LogP contribution in [0.25, 0.3) is 0 Å². The molecule has 0 fully saturated rings. The molecule has 3 aromatic rings. The van der Waals surface area contributed by atoms with Crippen LogP contribution in [0.15, 0.2) is 51.9 Å². The highest BCUT2D eigenvalue weighted by Gasteiger charge is 2.31. The molecule has 1 aliphatic heterocycles. The number of carbonyl (C=O) groups excluding carboxylic acids is 1. The molecule has 2 heterocycles. The summed E-state index contributed by atoms with van der Waals surface area (Å²) in [5.74, 6) is 0.133. The zero-order valence-electron chi connectivity index (χ0n) is 18.2. The van der Waals surface area contributed by atoms with Crippen LogP contribution >= 0.6 is 15.9 Å². The van der Waals surface area contributed by atoms with Crippen molar-refractivity contribution in [2.75, 3.05) is 23.9 Å². The Morgan fingerprint density at radius 1 is 1.23 bits per heavy atom. The van der Waals surface area contributed by atoms with Crippen molar-refractivity contribution in [3.05, 3.63) is 69.2 Å². The van der Waals surface area contributed by atoms with Gasteiger partial charge in [0, 0.05) is 5.56 Å². The number of anilines is 3. The van der Waals surface area contributed by atoms with E-state index in [1.807, 2.05) is 6.07 Å². The highest BCUT2D eigenvalue weighted by atomic mass is 79.9. The number of aliphatic imine (C=N–C) groups is 1. The van der Waals surface area contributed by atoms with Crippen LogP contribution in [0.1, 0.15) is 33.1 Å². The number of esters is 1. The number of nitrogens with two attached hydrogens (primary N) is 2. The number of benzene rings is 2. The average molecular weight is 533 g/mol. The number of aromatic nitrogens is 1. The van der Waals surface area contributed by atoms with Crippen molar-refractivity contribution >= 4 is 45.2 Å². The number of methoxy groups -OCH3 is 1. The Hall–Kier alpha value is -4.81. The first-order chi connectivity index (χ1) is 16.9. The van der Waals surface area contributed by atoms with Crippen molar-refractivity contribution in [1.29, 1.82) is 10.5 Å². The summed E-state index contributed by atoms with van der Waals surface area (Å²) < 4.78 is 11.5. The Morgan fingerprint density at radius 2 is 1.97 bits per heavy atom. The van der Waals surface area contributed by atoms with Crippen molar-refractivity contribution in [2.45, 2.75) is 6.04 Å². The van der Waals surface area contributed by atoms with Gasteiger partial charge in [0.05, 0.1) is 22.8 Å². The molecular weight excluding hydrogens is 516 g/mol. The summed E-state index contributed by atoms with van der Waals surface area (Å²) in [6.07, 6.45) is 1.79. The first-order valence-electron chi connectivity index (χ1n) is 10.0. The van der Waals surface area contributed by atoms with Crippen molar-refractivity contribution in [1.82, 2.24) is 10.3 Å². The first-order valence-corrected chi connectivity index (χ1v) is 10.8. The lowest BCUT2D eigenvalue weighted by Crippen LogP contribution is -2.32. The van der Waals surface area contributed by atoms with Gasteiger partial charge in [-0.3, -0.25) is 5.32 Å². The molecule has 174 valence electrons. The van der Waals surface area contributed by atoms with E-state index in [1.165, 1.54) is 7.11 Å². The van der Waals surface area contributed by atoms with Gasteiger partial charge in [-0.15, -0.1) is 0 Å². The topological polar surface area (TPSA) is 184 Å². The minimum absolute atomic E-state index is 0.0156. The maximum atomic E-state index is 12.6. The SMILES string of the molecule is COc1cc(C2N=C(NC#N)Nc3nc(N)c(C#N)c(N)c32)cc(Br)c1OC(=O)c1ccccc1. The number of rotatable bonds is 4. The molecule has 1 aliphatic rings. The molecule has 0 spiro atoms. The molecule has 35 heavy (non-hydrogen) atoms. The second kappa shape index (κ2) is 9.59. The molecule has 12 heteroatoms. The van der Waals surface area contributed by atoms with Crippen LogP contribution in [0.4, 0.5) is 17.3 Å². The second-order valence-electron chi connectivity index (χ2n) is 7.19. The zero-order valence-corrected chi connectivity index (χ0v) is 19.8. The summed E-state index contributed by atoms with van der Waals surface area (Å²) in [6.45, 7) is 0. The van der Waals surface area contributed by atoms with Crippen LogP contribution in [0.2, 0.25) is 0 Å². The quantitative estimate of drug-likeness (QED) is 0.168. The highest BCUT2D eigenvalue weighted by molar-refractivity contribution is 9.10. The van der Waals surface area contributed by atoms with Gasteiger partial charge in [0.15, 0.2) is 17.7 Å². The number of nitrogen functional groups attached to an aromatic ring is 2. The van der Waals surface area contributed by atoms with E-state index in [0.29, 0.717) is 21.2 Å². The predicted octanol–water partition coefficient (Wildman–Crippen LogP) is 3.05. The molecule has 0 amide bonds. The summed E-state index contributed by atoms with van der Waals surface area (Å²) >= 11 is 3.44. The molecule has 0 saturated carbocycles. The van der Waals surface area contributed by atoms with Gasteiger partial charge < -0.3 is 26.3 Å². The summed E-state index contributed by atoms with van der Waals surface area (Å²) in [5.41, 5.74) is 13.6. The number of nitrogens with zero attached hydrogens (tertiary/aromatic N) is 4. The molecule has 4 rings (SSSR count). The number of carbonyl (C=O) groups is 1. The number of guanidine groups is 1. The standard InChI is InChI=1S/C23H17BrN8O3/c1-34-15-8-12(7-14(24)19(15)35-22(33)11-5-3-2-4-6-11)18-16-17(27)13(9-25)20(28)31-21(16)32-23(30-18)29-10-26/h2-8,18H,1H3,(H6,27,28,29,30,31,32). The number of pyridine rings is 1. The van der Waals surface area contributed by atoms with E-state index in [-0.39, 0.29) is 40.3 Å². The minimum Gasteiger partial charge on any atom is -0.493 e. The predicted molar refractivity (Wildman–Crippen MR) is 132 cm³/mol. The molecule has 1 atom stereocenters. The van der Waals surface area contributed by atoms with E-state index < -0.39 is 12.0 Å². The number of ether oxygens (including phenoxy) is 2. The number of nitriles is 2. The molecule has 11 nitrogen and oxygen atoms in total. The van der Waals surface area contributed by atoms with E-state index in [0.717, 1.165) is 0 Å². The fourth-order valence-electron chi connectivity index (χ4n) is 3.54. The average Bonchev–Trinajstić information content (AvgIpc) is 2.85. The van der Waals surface area contributed by atoms with Gasteiger partial charge in [-0.2, -0.15) is 10.5 Å². The number of fused-ring (bicyclic) bond motifs is 1. The van der Waals surface area contributed by atoms with Crippen LogP contribution in [-0.4, -0.2) is 24.0 Å². The van der Waals surface area contributed by atoms with Gasteiger partial charge in [-0.25, -0.2) is 14.8 Å². The Kier molecular flexibility index (Phi) is 6.40. The largest absolute Gasteiger partial charge is 0.493 e. The van der Waals surface area contributed by atoms with Crippen LogP contribution < -0.4 is 31.6 Å². The lowest BCUT2D eigenvalue weighted by Gasteiger charge is -2.26. The summed E-state index contributed by atoms with van der Waals surface area (Å²) in [4.78, 5) is 21.4. The smallest absolute Gasteiger partial charge is 0.343 e. The van der Waals surface area contributed by atoms with Gasteiger partial charge in [-0.1, -0.05) is 18.2 Å². The third kappa shape index (κ3) is 4.38. The third-order valence-electron chi connectivity index (χ3n) is 5.13. The van der Waals surface area contributed by atoms with E-state index >= 15 is 0 Å². The van der Waals surface area contributed by atoms with Crippen LogP contribution in [-0.2, 0) is 0 Å². The van der Waals surface area contributed by atoms with Crippen molar-refractivity contribution in [2.24, 2.45) is 4.99 Å². The van der Waals surface area contributed by atoms with Gasteiger partial charge in [0.25, 0.3) is 0 Å². The fourth-order valence-corrected chi connectivity index (χ4v) is 4.09. The van der Waals surface area contributed by atoms with Crippen molar-refractivity contribution < 1.29 is 14.3 Å². The number of hydrogen-bond acceptors (Lipinski definition) is 11. The molecule has 0 radical (unpaired) electrons. The molecule has 2 aromatic carbocycles. The van der Waals surface area contributed by atoms with E-state index in [2.05, 4.69) is 36.5 Å². The number of hydrogen-bond donors (Lipinski definition) is 4. The molecule has 0 bridgehead atoms. The summed E-state index contributed by atoms with van der Waals surface area (Å²) in [5, 5.41) is 23.9. The zero-order chi connectivity index (χ0) is 25.1. The molecule has 1 aromatic heterocycles. The molecular formula is C23H17BrN8O3. The van der Waals surface area contributed by atoms with E-state index in [4.69, 9.17) is 26.2 Å². The van der Waals surface area contributed by atoms with E-state index in [9.17, 15) is 10.1 Å². The highest BCUT2D eigenvalue weighted by Crippen LogP contribution is 2.45. The normalized spacial score (nSPS) is 13.8. The maximum absolute atomic E-state index is 12.6. The van der Waals surface area contributed by atoms with E-state index in [1.54, 1.807) is 48.7 Å². The van der Waals surface area contributed by atoms with Crippen molar-refractivity contribution in [3.63, 3.8) is 0 Å².